The summed E-state index contributed by atoms with van der Waals surface area (Å²) in [6, 6.07) is 3.54. The number of nitrogens with zero attached hydrogens (tertiary/aromatic N) is 1. The predicted octanol–water partition coefficient (Wildman–Crippen LogP) is 3.30. The van der Waals surface area contributed by atoms with Crippen LogP contribution in [0, 0.1) is 0 Å². The van der Waals surface area contributed by atoms with Crippen molar-refractivity contribution in [2.24, 2.45) is 0 Å². The Bertz CT molecular complexity index is 447. The van der Waals surface area contributed by atoms with Crippen LogP contribution in [-0.2, 0) is 4.79 Å². The van der Waals surface area contributed by atoms with Gasteiger partial charge in [-0.1, -0.05) is 6.07 Å². The van der Waals surface area contributed by atoms with Crippen molar-refractivity contribution in [2.75, 3.05) is 6.54 Å². The summed E-state index contributed by atoms with van der Waals surface area (Å²) >= 11 is 1.54. The van der Waals surface area contributed by atoms with Gasteiger partial charge in [-0.05, 0) is 31.2 Å². The zero-order valence-electron chi connectivity index (χ0n) is 11.1. The van der Waals surface area contributed by atoms with Gasteiger partial charge in [0.15, 0.2) is 0 Å². The highest BCUT2D eigenvalue weighted by molar-refractivity contribution is 7.10. The molecule has 0 aliphatic carbocycles. The summed E-state index contributed by atoms with van der Waals surface area (Å²) in [5, 5.41) is 5.10. The topological polar surface area (TPSA) is 32.3 Å². The molecule has 0 spiro atoms. The average molecular weight is 306 g/mol. The lowest BCUT2D eigenvalue weighted by molar-refractivity contribution is -0.136. The molecule has 1 amide bonds. The molecule has 1 aromatic heterocycles. The van der Waals surface area contributed by atoms with Crippen LogP contribution in [0.5, 0.6) is 0 Å². The van der Waals surface area contributed by atoms with Crippen LogP contribution in [0.2, 0.25) is 0 Å². The molecule has 0 radical (unpaired) electrons. The summed E-state index contributed by atoms with van der Waals surface area (Å²) in [4.78, 5) is 14.7. The third-order valence-corrected chi connectivity index (χ3v) is 4.22. The molecule has 1 aliphatic rings. The maximum Gasteiger partial charge on any atom is 0.389 e. The number of carbonyl (C=O) groups excluding carboxylic acids is 1. The van der Waals surface area contributed by atoms with Crippen LogP contribution in [0.15, 0.2) is 17.5 Å². The van der Waals surface area contributed by atoms with Crippen molar-refractivity contribution in [3.8, 4) is 0 Å². The van der Waals surface area contributed by atoms with E-state index in [-0.39, 0.29) is 24.5 Å². The molecule has 0 aromatic carbocycles. The highest BCUT2D eigenvalue weighted by Crippen LogP contribution is 2.29. The molecule has 1 aromatic rings. The number of carbonyl (C=O) groups is 1. The number of halogens is 3. The molecular weight excluding hydrogens is 289 g/mol. The van der Waals surface area contributed by atoms with Crippen molar-refractivity contribution in [1.29, 1.82) is 0 Å². The third kappa shape index (κ3) is 3.73. The fourth-order valence-electron chi connectivity index (χ4n) is 2.30. The second-order valence-corrected chi connectivity index (χ2v) is 5.89. The molecule has 1 N–H and O–H groups in total. The summed E-state index contributed by atoms with van der Waals surface area (Å²) in [5.41, 5.74) is 0. The Morgan fingerprint density at radius 3 is 2.75 bits per heavy atom. The number of unbranched alkanes of at least 4 members (excludes halogenated alkanes) is 1. The SMILES string of the molecule is CC1NC(c2cccs2)N(CCCCC(F)(F)F)C1=O. The van der Waals surface area contributed by atoms with Gasteiger partial charge in [-0.3, -0.25) is 10.1 Å². The number of rotatable bonds is 5. The molecule has 0 saturated carbocycles. The molecule has 112 valence electrons. The number of hydrogen-bond acceptors (Lipinski definition) is 3. The van der Waals surface area contributed by atoms with E-state index in [9.17, 15) is 18.0 Å². The Balaban J connectivity index is 1.92. The number of hydrogen-bond donors (Lipinski definition) is 1. The van der Waals surface area contributed by atoms with Gasteiger partial charge in [0.25, 0.3) is 0 Å². The van der Waals surface area contributed by atoms with Gasteiger partial charge in [-0.25, -0.2) is 0 Å². The molecule has 2 unspecified atom stereocenters. The molecule has 7 heteroatoms. The lowest BCUT2D eigenvalue weighted by atomic mass is 10.2. The number of nitrogens with one attached hydrogen (secondary N) is 1. The largest absolute Gasteiger partial charge is 0.389 e. The van der Waals surface area contributed by atoms with E-state index < -0.39 is 12.6 Å². The maximum atomic E-state index is 12.1. The molecule has 2 atom stereocenters. The van der Waals surface area contributed by atoms with E-state index in [1.54, 1.807) is 11.8 Å². The van der Waals surface area contributed by atoms with Gasteiger partial charge in [-0.15, -0.1) is 11.3 Å². The molecular formula is C13H17F3N2OS. The Labute approximate surface area is 119 Å². The Kier molecular flexibility index (Phi) is 4.70. The highest BCUT2D eigenvalue weighted by atomic mass is 32.1. The van der Waals surface area contributed by atoms with Crippen LogP contribution in [0.3, 0.4) is 0 Å². The van der Waals surface area contributed by atoms with E-state index in [0.29, 0.717) is 13.0 Å². The summed E-state index contributed by atoms with van der Waals surface area (Å²) in [6.45, 7) is 2.13. The molecule has 20 heavy (non-hydrogen) atoms. The monoisotopic (exact) mass is 306 g/mol. The average Bonchev–Trinajstić information content (AvgIpc) is 2.95. The van der Waals surface area contributed by atoms with Crippen molar-refractivity contribution >= 4 is 17.2 Å². The molecule has 0 bridgehead atoms. The fraction of sp³-hybridized carbons (Fsp3) is 0.615. The van der Waals surface area contributed by atoms with E-state index in [0.717, 1.165) is 4.88 Å². The van der Waals surface area contributed by atoms with Crippen LogP contribution in [-0.4, -0.2) is 29.6 Å². The normalized spacial score (nSPS) is 23.6. The first-order valence-corrected chi connectivity index (χ1v) is 7.43. The van der Waals surface area contributed by atoms with Gasteiger partial charge in [0, 0.05) is 17.8 Å². The van der Waals surface area contributed by atoms with Gasteiger partial charge >= 0.3 is 6.18 Å². The Morgan fingerprint density at radius 2 is 2.15 bits per heavy atom. The zero-order chi connectivity index (χ0) is 14.8. The Morgan fingerprint density at radius 1 is 1.40 bits per heavy atom. The van der Waals surface area contributed by atoms with Gasteiger partial charge in [0.05, 0.1) is 6.04 Å². The number of alkyl halides is 3. The minimum absolute atomic E-state index is 0.0459. The van der Waals surface area contributed by atoms with Crippen LogP contribution in [0.25, 0.3) is 0 Å². The number of amides is 1. The van der Waals surface area contributed by atoms with Gasteiger partial charge < -0.3 is 4.90 Å². The van der Waals surface area contributed by atoms with E-state index in [2.05, 4.69) is 5.32 Å². The standard InChI is InChI=1S/C13H17F3N2OS/c1-9-12(19)18(7-3-2-6-13(14,15)16)11(17-9)10-5-4-8-20-10/h4-5,8-9,11,17H,2-3,6-7H2,1H3. The molecule has 3 nitrogen and oxygen atoms in total. The van der Waals surface area contributed by atoms with E-state index in [1.165, 1.54) is 11.3 Å². The second-order valence-electron chi connectivity index (χ2n) is 4.91. The van der Waals surface area contributed by atoms with E-state index >= 15 is 0 Å². The van der Waals surface area contributed by atoms with Crippen LogP contribution < -0.4 is 5.32 Å². The third-order valence-electron chi connectivity index (χ3n) is 3.29. The molecule has 2 heterocycles. The van der Waals surface area contributed by atoms with Crippen molar-refractivity contribution in [2.45, 2.75) is 44.6 Å². The first-order valence-electron chi connectivity index (χ1n) is 6.55. The molecule has 1 saturated heterocycles. The minimum Gasteiger partial charge on any atom is -0.321 e. The van der Waals surface area contributed by atoms with Crippen molar-refractivity contribution in [3.63, 3.8) is 0 Å². The summed E-state index contributed by atoms with van der Waals surface area (Å²) < 4.78 is 36.3. The number of thiophene rings is 1. The Hall–Kier alpha value is -1.08. The second kappa shape index (κ2) is 6.13. The van der Waals surface area contributed by atoms with E-state index in [4.69, 9.17) is 0 Å². The van der Waals surface area contributed by atoms with Crippen LogP contribution in [0.4, 0.5) is 13.2 Å². The first kappa shape index (κ1) is 15.3. The van der Waals surface area contributed by atoms with Gasteiger partial charge in [0.1, 0.15) is 6.17 Å². The summed E-state index contributed by atoms with van der Waals surface area (Å²) in [5.74, 6) is -0.0459. The summed E-state index contributed by atoms with van der Waals surface area (Å²) in [6.07, 6.45) is -4.70. The molecule has 2 rings (SSSR count). The van der Waals surface area contributed by atoms with Gasteiger partial charge in [0.2, 0.25) is 5.91 Å². The lowest BCUT2D eigenvalue weighted by Crippen LogP contribution is -2.31. The summed E-state index contributed by atoms with van der Waals surface area (Å²) in [7, 11) is 0. The van der Waals surface area contributed by atoms with Crippen molar-refractivity contribution in [3.05, 3.63) is 22.4 Å². The minimum atomic E-state index is -4.12. The highest BCUT2D eigenvalue weighted by Gasteiger charge is 2.37. The quantitative estimate of drug-likeness (QED) is 0.847. The molecule has 1 fully saturated rings. The predicted molar refractivity (Wildman–Crippen MR) is 71.3 cm³/mol. The molecule has 1 aliphatic heterocycles. The zero-order valence-corrected chi connectivity index (χ0v) is 11.9. The van der Waals surface area contributed by atoms with Crippen molar-refractivity contribution < 1.29 is 18.0 Å². The van der Waals surface area contributed by atoms with Crippen molar-refractivity contribution in [1.82, 2.24) is 10.2 Å². The van der Waals surface area contributed by atoms with E-state index in [1.807, 2.05) is 17.5 Å². The first-order chi connectivity index (χ1) is 9.38. The smallest absolute Gasteiger partial charge is 0.321 e. The lowest BCUT2D eigenvalue weighted by Gasteiger charge is -2.23. The maximum absolute atomic E-state index is 12.1. The van der Waals surface area contributed by atoms with Crippen LogP contribution >= 0.6 is 11.3 Å². The fourth-order valence-corrected chi connectivity index (χ4v) is 3.10. The van der Waals surface area contributed by atoms with Gasteiger partial charge in [-0.2, -0.15) is 13.2 Å². The van der Waals surface area contributed by atoms with Crippen LogP contribution in [0.1, 0.15) is 37.2 Å².